The van der Waals surface area contributed by atoms with Crippen LogP contribution in [0.5, 0.6) is 0 Å². The van der Waals surface area contributed by atoms with E-state index < -0.39 is 17.1 Å². The molecule has 1 spiro atoms. The first-order chi connectivity index (χ1) is 26.8. The van der Waals surface area contributed by atoms with Crippen molar-refractivity contribution in [3.8, 4) is 0 Å². The molecule has 11 heteroatoms. The molecular formula is C44H47N7O4. The van der Waals surface area contributed by atoms with Gasteiger partial charge in [-0.25, -0.2) is 0 Å². The molecule has 5 aromatic rings. The molecule has 282 valence electrons. The van der Waals surface area contributed by atoms with Gasteiger partial charge in [-0.2, -0.15) is 0 Å². The van der Waals surface area contributed by atoms with Crippen molar-refractivity contribution in [2.45, 2.75) is 56.3 Å². The number of anilines is 3. The summed E-state index contributed by atoms with van der Waals surface area (Å²) in [7, 11) is 0. The normalized spacial score (nSPS) is 20.5. The van der Waals surface area contributed by atoms with Crippen LogP contribution < -0.4 is 20.0 Å². The van der Waals surface area contributed by atoms with E-state index in [-0.39, 0.29) is 30.9 Å². The van der Waals surface area contributed by atoms with Crippen molar-refractivity contribution in [1.82, 2.24) is 20.3 Å². The third-order valence-corrected chi connectivity index (χ3v) is 11.6. The molecular weight excluding hydrogens is 691 g/mol. The number of piperidine rings is 1. The fourth-order valence-corrected chi connectivity index (χ4v) is 8.47. The number of carbonyl (C=O) groups excluding carboxylic acids is 2. The Kier molecular flexibility index (Phi) is 10.1. The fourth-order valence-electron chi connectivity index (χ4n) is 8.47. The molecule has 11 nitrogen and oxygen atoms in total. The highest BCUT2D eigenvalue weighted by molar-refractivity contribution is 6.07. The largest absolute Gasteiger partial charge is 0.395 e. The van der Waals surface area contributed by atoms with Crippen molar-refractivity contribution in [2.24, 2.45) is 5.92 Å². The lowest BCUT2D eigenvalue weighted by Crippen LogP contribution is -2.55. The number of hydrogen-bond acceptors (Lipinski definition) is 8. The summed E-state index contributed by atoms with van der Waals surface area (Å²) >= 11 is 0. The van der Waals surface area contributed by atoms with Gasteiger partial charge in [0.25, 0.3) is 11.8 Å². The first-order valence-corrected chi connectivity index (χ1v) is 19.1. The number of benzene rings is 4. The average molecular weight is 738 g/mol. The summed E-state index contributed by atoms with van der Waals surface area (Å²) in [5.74, 6) is -1.01. The maximum absolute atomic E-state index is 14.2. The van der Waals surface area contributed by atoms with Crippen LogP contribution in [0.25, 0.3) is 0 Å². The first kappa shape index (κ1) is 36.4. The Morgan fingerprint density at radius 1 is 0.855 bits per heavy atom. The Labute approximate surface area is 321 Å². The Morgan fingerprint density at radius 3 is 2.27 bits per heavy atom. The highest BCUT2D eigenvalue weighted by Crippen LogP contribution is 2.46. The SMILES string of the molecule is C[C@@H](/C=C/CCn1cc(C(CO)c2ccccc2)nn1)[C@]1(O)C(=O)N(Cc2ccc(N3CN(c4ccccc4)C4(CCNCC4)C3=O)cc2)c2ccccc21. The molecule has 3 aliphatic heterocycles. The monoisotopic (exact) mass is 737 g/mol. The predicted octanol–water partition coefficient (Wildman–Crippen LogP) is 5.35. The smallest absolute Gasteiger partial charge is 0.264 e. The Hall–Kier alpha value is -5.62. The topological polar surface area (TPSA) is 127 Å². The molecule has 0 radical (unpaired) electrons. The molecule has 3 N–H and O–H groups in total. The molecule has 2 amide bonds. The molecule has 2 saturated heterocycles. The number of hydrogen-bond donors (Lipinski definition) is 3. The van der Waals surface area contributed by atoms with Crippen molar-refractivity contribution < 1.29 is 19.8 Å². The van der Waals surface area contributed by atoms with Gasteiger partial charge in [-0.15, -0.1) is 5.10 Å². The summed E-state index contributed by atoms with van der Waals surface area (Å²) in [6, 6.07) is 35.2. The Morgan fingerprint density at radius 2 is 1.55 bits per heavy atom. The number of aryl methyl sites for hydroxylation is 1. The Balaban J connectivity index is 0.943. The number of fused-ring (bicyclic) bond motifs is 1. The Bertz CT molecular complexity index is 2150. The van der Waals surface area contributed by atoms with Gasteiger partial charge in [-0.05, 0) is 73.8 Å². The quantitative estimate of drug-likeness (QED) is 0.146. The van der Waals surface area contributed by atoms with Crippen molar-refractivity contribution in [3.63, 3.8) is 0 Å². The van der Waals surface area contributed by atoms with E-state index in [9.17, 15) is 19.8 Å². The maximum atomic E-state index is 14.2. The number of amides is 2. The average Bonchev–Trinajstić information content (AvgIpc) is 3.87. The highest BCUT2D eigenvalue weighted by atomic mass is 16.3. The molecule has 3 aliphatic rings. The van der Waals surface area contributed by atoms with E-state index in [2.05, 4.69) is 32.7 Å². The van der Waals surface area contributed by atoms with Crippen LogP contribution in [0.4, 0.5) is 17.1 Å². The van der Waals surface area contributed by atoms with Crippen LogP contribution in [0.15, 0.2) is 128 Å². The van der Waals surface area contributed by atoms with Crippen LogP contribution in [0.1, 0.15) is 54.5 Å². The van der Waals surface area contributed by atoms with E-state index in [1.165, 1.54) is 0 Å². The summed E-state index contributed by atoms with van der Waals surface area (Å²) in [5.41, 5.74) is 3.39. The second-order valence-electron chi connectivity index (χ2n) is 14.8. The number of carbonyl (C=O) groups is 2. The standard InChI is InChI=1S/C44H47N7O4/c1-32(12-10-11-27-48-29-39(46-47-48)37(30-52)34-13-4-2-5-14-34)44(55)38-17-8-9-18-40(38)49(42(44)54)28-33-19-21-35(22-20-33)50-31-51(36-15-6-3-7-16-36)43(41(50)53)23-25-45-26-24-43/h2-10,12-22,29,32,37,45,52,55H,11,23-28,30-31H2,1H3/b12-10+/t32-,37?,44+/m0/s1. The van der Waals surface area contributed by atoms with Crippen LogP contribution >= 0.6 is 0 Å². The minimum atomic E-state index is -1.73. The van der Waals surface area contributed by atoms with Gasteiger partial charge < -0.3 is 25.3 Å². The van der Waals surface area contributed by atoms with Gasteiger partial charge in [-0.3, -0.25) is 19.2 Å². The van der Waals surface area contributed by atoms with Gasteiger partial charge in [0.05, 0.1) is 37.1 Å². The van der Waals surface area contributed by atoms with Crippen molar-refractivity contribution >= 4 is 28.9 Å². The predicted molar refractivity (Wildman–Crippen MR) is 212 cm³/mol. The minimum Gasteiger partial charge on any atom is -0.395 e. The lowest BCUT2D eigenvalue weighted by Gasteiger charge is -2.39. The van der Waals surface area contributed by atoms with Crippen molar-refractivity contribution in [1.29, 1.82) is 0 Å². The molecule has 0 bridgehead atoms. The molecule has 55 heavy (non-hydrogen) atoms. The molecule has 0 saturated carbocycles. The summed E-state index contributed by atoms with van der Waals surface area (Å²) < 4.78 is 1.75. The van der Waals surface area contributed by atoms with Crippen LogP contribution in [-0.2, 0) is 28.3 Å². The molecule has 8 rings (SSSR count). The van der Waals surface area contributed by atoms with E-state index in [1.54, 1.807) is 9.58 Å². The number of para-hydroxylation sites is 2. The maximum Gasteiger partial charge on any atom is 0.264 e. The summed E-state index contributed by atoms with van der Waals surface area (Å²) in [5, 5.41) is 34.2. The number of aliphatic hydroxyl groups excluding tert-OH is 1. The number of aromatic nitrogens is 3. The van der Waals surface area contributed by atoms with E-state index in [4.69, 9.17) is 0 Å². The molecule has 1 unspecified atom stereocenters. The van der Waals surface area contributed by atoms with E-state index in [0.29, 0.717) is 36.6 Å². The first-order valence-electron chi connectivity index (χ1n) is 19.1. The number of nitrogens with zero attached hydrogens (tertiary/aromatic N) is 6. The van der Waals surface area contributed by atoms with Crippen LogP contribution in [0, 0.1) is 5.92 Å². The molecule has 2 fully saturated rings. The number of nitrogens with one attached hydrogen (secondary N) is 1. The van der Waals surface area contributed by atoms with Crippen molar-refractivity contribution in [2.75, 3.05) is 41.1 Å². The number of allylic oxidation sites excluding steroid dienone is 1. The minimum absolute atomic E-state index is 0.0664. The van der Waals surface area contributed by atoms with Gasteiger partial charge in [-0.1, -0.05) is 103 Å². The summed E-state index contributed by atoms with van der Waals surface area (Å²) in [6.07, 6.45) is 7.82. The van der Waals surface area contributed by atoms with E-state index in [0.717, 1.165) is 48.4 Å². The molecule has 0 aliphatic carbocycles. The molecule has 1 aromatic heterocycles. The van der Waals surface area contributed by atoms with Gasteiger partial charge in [0, 0.05) is 35.6 Å². The number of aliphatic hydroxyl groups is 2. The second kappa shape index (κ2) is 15.3. The zero-order valence-corrected chi connectivity index (χ0v) is 31.0. The molecule has 3 atom stereocenters. The third-order valence-electron chi connectivity index (χ3n) is 11.6. The highest BCUT2D eigenvalue weighted by Gasteiger charge is 2.54. The lowest BCUT2D eigenvalue weighted by molar-refractivity contribution is -0.139. The summed E-state index contributed by atoms with van der Waals surface area (Å²) in [4.78, 5) is 34.1. The third kappa shape index (κ3) is 6.62. The number of rotatable bonds is 12. The second-order valence-corrected chi connectivity index (χ2v) is 14.8. The zero-order valence-electron chi connectivity index (χ0n) is 31.0. The summed E-state index contributed by atoms with van der Waals surface area (Å²) in [6.45, 7) is 4.68. The van der Waals surface area contributed by atoms with Gasteiger partial charge >= 0.3 is 0 Å². The van der Waals surface area contributed by atoms with Gasteiger partial charge in [0.1, 0.15) is 5.54 Å². The fraction of sp³-hybridized carbons (Fsp3) is 0.318. The molecule has 4 aromatic carbocycles. The van der Waals surface area contributed by atoms with Crippen LogP contribution in [-0.4, -0.2) is 68.9 Å². The lowest BCUT2D eigenvalue weighted by atomic mass is 9.83. The van der Waals surface area contributed by atoms with Crippen molar-refractivity contribution in [3.05, 3.63) is 150 Å². The van der Waals surface area contributed by atoms with Gasteiger partial charge in [0.15, 0.2) is 5.60 Å². The van der Waals surface area contributed by atoms with Crippen LogP contribution in [0.2, 0.25) is 0 Å². The van der Waals surface area contributed by atoms with E-state index in [1.807, 2.05) is 127 Å². The van der Waals surface area contributed by atoms with Gasteiger partial charge in [0.2, 0.25) is 0 Å². The molecule has 4 heterocycles. The van der Waals surface area contributed by atoms with Crippen LogP contribution in [0.3, 0.4) is 0 Å². The zero-order chi connectivity index (χ0) is 38.0. The van der Waals surface area contributed by atoms with E-state index >= 15 is 0 Å².